The lowest BCUT2D eigenvalue weighted by Crippen LogP contribution is -2.13. The molecule has 0 spiro atoms. The molecule has 0 saturated carbocycles. The lowest BCUT2D eigenvalue weighted by Gasteiger charge is -2.10. The Balaban J connectivity index is 2.20. The Morgan fingerprint density at radius 2 is 2.35 bits per heavy atom. The third-order valence-electron chi connectivity index (χ3n) is 2.67. The number of ether oxygens (including phenoxy) is 1. The monoisotopic (exact) mass is 239 g/mol. The smallest absolute Gasteiger partial charge is 0.306 e. The lowest BCUT2D eigenvalue weighted by molar-refractivity contribution is -0.144. The lowest BCUT2D eigenvalue weighted by atomic mass is 10.1. The van der Waals surface area contributed by atoms with E-state index in [0.717, 1.165) is 18.7 Å². The van der Waals surface area contributed by atoms with Gasteiger partial charge in [0, 0.05) is 13.5 Å². The predicted molar refractivity (Wildman–Crippen MR) is 64.4 cm³/mol. The van der Waals surface area contributed by atoms with Crippen molar-refractivity contribution in [3.05, 3.63) is 12.2 Å². The minimum absolute atomic E-state index is 0.157. The van der Waals surface area contributed by atoms with Crippen LogP contribution in [0.4, 0.5) is 0 Å². The van der Waals surface area contributed by atoms with Gasteiger partial charge in [-0.1, -0.05) is 20.3 Å². The van der Waals surface area contributed by atoms with Crippen LogP contribution in [-0.2, 0) is 23.0 Å². The van der Waals surface area contributed by atoms with Crippen LogP contribution in [0, 0.1) is 5.92 Å². The molecular weight excluding hydrogens is 218 g/mol. The highest BCUT2D eigenvalue weighted by Gasteiger charge is 2.09. The predicted octanol–water partition coefficient (Wildman–Crippen LogP) is 1.73. The van der Waals surface area contributed by atoms with E-state index in [4.69, 9.17) is 4.74 Å². The fourth-order valence-electron chi connectivity index (χ4n) is 1.63. The highest BCUT2D eigenvalue weighted by atomic mass is 16.5. The summed E-state index contributed by atoms with van der Waals surface area (Å²) in [6.45, 7) is 4.75. The number of aromatic nitrogens is 3. The molecule has 1 aromatic heterocycles. The average molecular weight is 239 g/mol. The molecule has 0 aromatic carbocycles. The third kappa shape index (κ3) is 4.97. The van der Waals surface area contributed by atoms with Gasteiger partial charge in [-0.05, 0) is 12.3 Å². The van der Waals surface area contributed by atoms with Gasteiger partial charge in [0.2, 0.25) is 0 Å². The van der Waals surface area contributed by atoms with Crippen LogP contribution in [0.15, 0.2) is 6.33 Å². The Hall–Kier alpha value is -1.39. The van der Waals surface area contributed by atoms with Crippen molar-refractivity contribution in [2.45, 2.75) is 39.5 Å². The van der Waals surface area contributed by atoms with E-state index in [2.05, 4.69) is 24.0 Å². The summed E-state index contributed by atoms with van der Waals surface area (Å²) in [4.78, 5) is 11.5. The standard InChI is InChI=1S/C12H21N3O2/c1-4-5-10(2)8-17-12(16)7-6-11-14-13-9-15(11)3/h9-10H,4-8H2,1-3H3. The molecule has 0 bridgehead atoms. The van der Waals surface area contributed by atoms with Gasteiger partial charge in [0.15, 0.2) is 0 Å². The Morgan fingerprint density at radius 3 is 2.94 bits per heavy atom. The summed E-state index contributed by atoms with van der Waals surface area (Å²) in [6.07, 6.45) is 4.79. The molecule has 1 rings (SSSR count). The van der Waals surface area contributed by atoms with Crippen molar-refractivity contribution in [2.24, 2.45) is 13.0 Å². The number of hydrogen-bond donors (Lipinski definition) is 0. The van der Waals surface area contributed by atoms with Gasteiger partial charge in [-0.2, -0.15) is 0 Å². The largest absolute Gasteiger partial charge is 0.465 e. The number of aryl methyl sites for hydroxylation is 2. The molecule has 0 amide bonds. The number of carbonyl (C=O) groups excluding carboxylic acids is 1. The molecule has 0 aliphatic rings. The number of carbonyl (C=O) groups is 1. The normalized spacial score (nSPS) is 12.4. The van der Waals surface area contributed by atoms with E-state index in [1.54, 1.807) is 6.33 Å². The van der Waals surface area contributed by atoms with Crippen LogP contribution in [0.1, 0.15) is 38.9 Å². The highest BCUT2D eigenvalue weighted by molar-refractivity contribution is 5.69. The Bertz CT molecular complexity index is 349. The van der Waals surface area contributed by atoms with Crippen molar-refractivity contribution in [3.63, 3.8) is 0 Å². The Kier molecular flexibility index (Phi) is 5.66. The Labute approximate surface area is 102 Å². The van der Waals surface area contributed by atoms with Gasteiger partial charge in [0.1, 0.15) is 12.2 Å². The van der Waals surface area contributed by atoms with Crippen molar-refractivity contribution in [1.29, 1.82) is 0 Å². The maximum absolute atomic E-state index is 11.5. The molecule has 1 heterocycles. The van der Waals surface area contributed by atoms with Crippen LogP contribution in [0.3, 0.4) is 0 Å². The molecule has 1 aromatic rings. The molecular formula is C12H21N3O2. The van der Waals surface area contributed by atoms with Crippen molar-refractivity contribution in [3.8, 4) is 0 Å². The summed E-state index contributed by atoms with van der Waals surface area (Å²) in [7, 11) is 1.87. The van der Waals surface area contributed by atoms with Gasteiger partial charge >= 0.3 is 5.97 Å². The van der Waals surface area contributed by atoms with E-state index in [9.17, 15) is 4.79 Å². The number of esters is 1. The summed E-state index contributed by atoms with van der Waals surface area (Å²) in [5, 5.41) is 7.68. The van der Waals surface area contributed by atoms with E-state index in [0.29, 0.717) is 25.4 Å². The second-order valence-electron chi connectivity index (χ2n) is 4.43. The zero-order valence-corrected chi connectivity index (χ0v) is 10.8. The quantitative estimate of drug-likeness (QED) is 0.680. The van der Waals surface area contributed by atoms with Gasteiger partial charge in [-0.3, -0.25) is 4.79 Å². The fourth-order valence-corrected chi connectivity index (χ4v) is 1.63. The van der Waals surface area contributed by atoms with Crippen LogP contribution in [0.5, 0.6) is 0 Å². The molecule has 0 saturated heterocycles. The van der Waals surface area contributed by atoms with Crippen molar-refractivity contribution in [1.82, 2.24) is 14.8 Å². The molecule has 96 valence electrons. The molecule has 0 fully saturated rings. The van der Waals surface area contributed by atoms with E-state index in [1.807, 2.05) is 11.6 Å². The van der Waals surface area contributed by atoms with Crippen molar-refractivity contribution in [2.75, 3.05) is 6.61 Å². The van der Waals surface area contributed by atoms with Crippen LogP contribution >= 0.6 is 0 Å². The third-order valence-corrected chi connectivity index (χ3v) is 2.67. The summed E-state index contributed by atoms with van der Waals surface area (Å²) in [5.41, 5.74) is 0. The molecule has 5 heteroatoms. The van der Waals surface area contributed by atoms with Crippen LogP contribution < -0.4 is 0 Å². The highest BCUT2D eigenvalue weighted by Crippen LogP contribution is 2.06. The maximum Gasteiger partial charge on any atom is 0.306 e. The fraction of sp³-hybridized carbons (Fsp3) is 0.750. The minimum atomic E-state index is -0.157. The minimum Gasteiger partial charge on any atom is -0.465 e. The van der Waals surface area contributed by atoms with E-state index in [1.165, 1.54) is 0 Å². The molecule has 0 aliphatic heterocycles. The first-order valence-electron chi connectivity index (χ1n) is 6.12. The average Bonchev–Trinajstić information content (AvgIpc) is 2.70. The van der Waals surface area contributed by atoms with Gasteiger partial charge in [-0.15, -0.1) is 10.2 Å². The summed E-state index contributed by atoms with van der Waals surface area (Å²) in [6, 6.07) is 0. The molecule has 0 radical (unpaired) electrons. The van der Waals surface area contributed by atoms with Crippen LogP contribution in [0.25, 0.3) is 0 Å². The molecule has 1 atom stereocenters. The number of hydrogen-bond acceptors (Lipinski definition) is 4. The van der Waals surface area contributed by atoms with Crippen molar-refractivity contribution >= 4 is 5.97 Å². The molecule has 17 heavy (non-hydrogen) atoms. The first-order chi connectivity index (χ1) is 8.13. The maximum atomic E-state index is 11.5. The van der Waals surface area contributed by atoms with Gasteiger partial charge in [0.05, 0.1) is 13.0 Å². The van der Waals surface area contributed by atoms with Gasteiger partial charge < -0.3 is 9.30 Å². The molecule has 5 nitrogen and oxygen atoms in total. The number of rotatable bonds is 7. The first-order valence-corrected chi connectivity index (χ1v) is 6.12. The topological polar surface area (TPSA) is 57.0 Å². The van der Waals surface area contributed by atoms with E-state index in [-0.39, 0.29) is 5.97 Å². The Morgan fingerprint density at radius 1 is 1.59 bits per heavy atom. The van der Waals surface area contributed by atoms with E-state index < -0.39 is 0 Å². The summed E-state index contributed by atoms with van der Waals surface area (Å²) >= 11 is 0. The SMILES string of the molecule is CCCC(C)COC(=O)CCc1nncn1C. The van der Waals surface area contributed by atoms with Gasteiger partial charge in [-0.25, -0.2) is 0 Å². The van der Waals surface area contributed by atoms with Crippen LogP contribution in [0.2, 0.25) is 0 Å². The van der Waals surface area contributed by atoms with Crippen LogP contribution in [-0.4, -0.2) is 27.3 Å². The van der Waals surface area contributed by atoms with Crippen molar-refractivity contribution < 1.29 is 9.53 Å². The van der Waals surface area contributed by atoms with Gasteiger partial charge in [0.25, 0.3) is 0 Å². The first kappa shape index (κ1) is 13.7. The zero-order chi connectivity index (χ0) is 12.7. The summed E-state index contributed by atoms with van der Waals surface area (Å²) in [5.74, 6) is 1.10. The molecule has 0 N–H and O–H groups in total. The molecule has 1 unspecified atom stereocenters. The number of nitrogens with zero attached hydrogens (tertiary/aromatic N) is 3. The second-order valence-corrected chi connectivity index (χ2v) is 4.43. The second kappa shape index (κ2) is 7.04. The van der Waals surface area contributed by atoms with E-state index >= 15 is 0 Å². The zero-order valence-electron chi connectivity index (χ0n) is 10.8. The molecule has 0 aliphatic carbocycles. The summed E-state index contributed by atoms with van der Waals surface area (Å²) < 4.78 is 7.01.